The van der Waals surface area contributed by atoms with Crippen LogP contribution in [-0.2, 0) is 89.9 Å². The molecule has 2 saturated heterocycles. The first-order chi connectivity index (χ1) is 48.0. The predicted octanol–water partition coefficient (Wildman–Crippen LogP) is 16.6. The molecule has 570 valence electrons. The molecule has 12 nitrogen and oxygen atoms in total. The third kappa shape index (κ3) is 24.8. The second kappa shape index (κ2) is 38.0. The molecule has 0 aliphatic carbocycles. The Labute approximate surface area is 639 Å². The maximum Gasteiger partial charge on any atom is 2.00 e. The fourth-order valence-electron chi connectivity index (χ4n) is 11.8. The third-order valence-electron chi connectivity index (χ3n) is 17.6. The van der Waals surface area contributed by atoms with Gasteiger partial charge in [-0.3, -0.25) is 9.80 Å². The number of hydrogen-bond donors (Lipinski definition) is 2. The topological polar surface area (TPSA) is 136 Å². The third-order valence-corrected chi connectivity index (χ3v) is 21.0. The van der Waals surface area contributed by atoms with Crippen LogP contribution in [0.25, 0.3) is 0 Å². The number of ether oxygens (including phenoxy) is 4. The zero-order valence-corrected chi connectivity index (χ0v) is 64.4. The molecular weight excluding hydrogens is 1510 g/mol. The number of benzene rings is 6. The van der Waals surface area contributed by atoms with Crippen LogP contribution in [0.4, 0.5) is 62.3 Å². The molecule has 0 radical (unpaired) electrons. The average molecular weight is 1590 g/mol. The van der Waals surface area contributed by atoms with Crippen LogP contribution in [0.5, 0.6) is 0 Å². The van der Waals surface area contributed by atoms with E-state index in [0.29, 0.717) is 61.1 Å². The Morgan fingerprint density at radius 3 is 1.01 bits per heavy atom. The van der Waals surface area contributed by atoms with Crippen LogP contribution in [0, 0.1) is 6.92 Å². The fourth-order valence-corrected chi connectivity index (χ4v) is 13.7. The van der Waals surface area contributed by atoms with Crippen molar-refractivity contribution in [1.29, 1.82) is 0 Å². The first kappa shape index (κ1) is 90.9. The summed E-state index contributed by atoms with van der Waals surface area (Å²) in [5.41, 5.74) is -8.18. The van der Waals surface area contributed by atoms with Crippen LogP contribution in [0.1, 0.15) is 162 Å². The van der Waals surface area contributed by atoms with Gasteiger partial charge in [0, 0.05) is 13.1 Å². The van der Waals surface area contributed by atoms with Gasteiger partial charge in [0.15, 0.2) is 0 Å². The molecule has 6 aromatic rings. The minimum absolute atomic E-state index is 0. The summed E-state index contributed by atoms with van der Waals surface area (Å²) >= 11 is 0. The van der Waals surface area contributed by atoms with Gasteiger partial charge in [-0.2, -0.15) is 52.7 Å². The van der Waals surface area contributed by atoms with Crippen molar-refractivity contribution in [3.63, 3.8) is 0 Å². The van der Waals surface area contributed by atoms with E-state index in [1.54, 1.807) is 121 Å². The number of carbonyl (C=O) groups excluding carboxylic acids is 2. The van der Waals surface area contributed by atoms with Crippen LogP contribution in [0.15, 0.2) is 196 Å². The average Bonchev–Trinajstić information content (AvgIpc) is 0.745. The summed E-state index contributed by atoms with van der Waals surface area (Å²) in [5, 5.41) is 0. The van der Waals surface area contributed by atoms with E-state index in [1.807, 2.05) is 53.7 Å². The van der Waals surface area contributed by atoms with E-state index in [-0.39, 0.29) is 116 Å². The molecule has 105 heavy (non-hydrogen) atoms. The van der Waals surface area contributed by atoms with Crippen molar-refractivity contribution in [3.05, 3.63) is 258 Å². The number of allylic oxidation sites excluding steroid dienone is 1. The van der Waals surface area contributed by atoms with Gasteiger partial charge in [-0.05, 0) is 164 Å². The molecule has 2 aliphatic heterocycles. The summed E-state index contributed by atoms with van der Waals surface area (Å²) < 4.78 is 220. The molecule has 2 N–H and O–H groups in total. The van der Waals surface area contributed by atoms with Gasteiger partial charge < -0.3 is 35.9 Å². The minimum Gasteiger partial charge on any atom is -1.00 e. The van der Waals surface area contributed by atoms with Crippen LogP contribution in [0.2, 0.25) is 0 Å². The zero-order valence-electron chi connectivity index (χ0n) is 59.8. The Bertz CT molecular complexity index is 3540. The number of amides is 2. The quantitative estimate of drug-likeness (QED) is 0.0297. The van der Waals surface area contributed by atoms with Crippen molar-refractivity contribution in [2.75, 3.05) is 26.3 Å². The summed E-state index contributed by atoms with van der Waals surface area (Å²) in [4.78, 5) is 31.4. The smallest absolute Gasteiger partial charge is 1.00 e. The summed E-state index contributed by atoms with van der Waals surface area (Å²) in [6, 6.07) is 38.4. The molecule has 8 rings (SSSR count). The number of alkyl halides is 12. The van der Waals surface area contributed by atoms with E-state index in [9.17, 15) is 70.7 Å². The number of nitrogens with one attached hydrogen (secondary N) is 2. The van der Waals surface area contributed by atoms with Crippen molar-refractivity contribution in [3.8, 4) is 0 Å². The molecule has 0 saturated carbocycles. The number of halogens is 13. The maximum atomic E-state index is 14.2. The summed E-state index contributed by atoms with van der Waals surface area (Å²) in [6.07, 6.45) is -17.4. The Balaban J connectivity index is 0.000000421. The van der Waals surface area contributed by atoms with Crippen LogP contribution >= 0.6 is 0 Å². The van der Waals surface area contributed by atoms with Gasteiger partial charge in [-0.15, -0.1) is 13.2 Å². The van der Waals surface area contributed by atoms with Gasteiger partial charge in [-0.25, -0.2) is 47.0 Å². The van der Waals surface area contributed by atoms with Gasteiger partial charge >= 0.3 is 59.9 Å². The molecule has 6 aromatic carbocycles. The Morgan fingerprint density at radius 1 is 0.495 bits per heavy atom. The largest absolute Gasteiger partial charge is 2.00 e. The Hall–Kier alpha value is -6.50. The van der Waals surface area contributed by atoms with Crippen molar-refractivity contribution >= 4 is 57.2 Å². The van der Waals surface area contributed by atoms with Crippen LogP contribution < -0.4 is 26.4 Å². The van der Waals surface area contributed by atoms with Gasteiger partial charge in [0.05, 0.1) is 101 Å². The molecule has 2 aliphatic rings. The first-order valence-electron chi connectivity index (χ1n) is 32.9. The van der Waals surface area contributed by atoms with Crippen LogP contribution in [0.3, 0.4) is 0 Å². The number of rotatable bonds is 22. The van der Waals surface area contributed by atoms with E-state index >= 15 is 0 Å². The zero-order chi connectivity index (χ0) is 76.6. The van der Waals surface area contributed by atoms with Crippen molar-refractivity contribution in [2.45, 2.75) is 176 Å². The monoisotopic (exact) mass is 1590 g/mol. The molecule has 0 aromatic heterocycles. The van der Waals surface area contributed by atoms with Gasteiger partial charge in [0.2, 0.25) is 0 Å². The van der Waals surface area contributed by atoms with E-state index in [1.165, 1.54) is 29.7 Å². The van der Waals surface area contributed by atoms with E-state index in [2.05, 4.69) is 36.1 Å². The number of carbonyl (C=O) groups is 2. The van der Waals surface area contributed by atoms with Gasteiger partial charge in [-0.1, -0.05) is 133 Å². The second-order valence-electron chi connectivity index (χ2n) is 27.4. The van der Waals surface area contributed by atoms with Crippen molar-refractivity contribution in [1.82, 2.24) is 19.2 Å². The molecule has 2 unspecified atom stereocenters. The fraction of sp³-hybridized carbons (Fsp3) is 0.416. The number of hydrogen-bond acceptors (Lipinski definition) is 8. The number of nitrogens with zero attached hydrogens (tertiary/aromatic N) is 2. The Kier molecular flexibility index (Phi) is 32.9. The second-order valence-corrected chi connectivity index (χ2v) is 31.4. The van der Waals surface area contributed by atoms with E-state index in [0.717, 1.165) is 11.1 Å². The SMILES string of the molecule is C=CC[C@@]1(NS(=O)C(C)(C)C)CC[C@@](CO[C@H](C)c2cc(C(F)(F)F)cc(C(F)(F)F)c2)(c2ccccc2)N(C(=O)OCc2ccccc2)C1.C=CC[C@]1(NS(=O)C(C)(C)C)CC[C@@](CO[C@H](C)c2cc(C(F)(F)F)cc(C(F)(F)F)c2)(c2ccccc2)N(C(=O)OCc2ccccc2)C1.C=C[CH2-].[Br-].[Mg+2]. The predicted molar refractivity (Wildman–Crippen MR) is 381 cm³/mol. The molecule has 0 spiro atoms. The molecular formula is C77H89BrF12MgN4O8S2. The van der Waals surface area contributed by atoms with E-state index < -0.39 is 125 Å². The molecule has 2 heterocycles. The summed E-state index contributed by atoms with van der Waals surface area (Å²) in [6.45, 7) is 27.1. The van der Waals surface area contributed by atoms with Gasteiger partial charge in [0.1, 0.15) is 13.2 Å². The molecule has 28 heteroatoms. The van der Waals surface area contributed by atoms with E-state index in [4.69, 9.17) is 18.9 Å². The number of likely N-dealkylation sites (tertiary alicyclic amines) is 2. The van der Waals surface area contributed by atoms with Gasteiger partial charge in [0.25, 0.3) is 0 Å². The van der Waals surface area contributed by atoms with Crippen LogP contribution in [-0.4, -0.2) is 100 Å². The molecule has 2 amide bonds. The summed E-state index contributed by atoms with van der Waals surface area (Å²) in [7, 11) is -3.11. The van der Waals surface area contributed by atoms with Crippen molar-refractivity contribution < 1.29 is 107 Å². The standard InChI is InChI=1S/2C37H42F6N2O4S.C3H5.BrH.Mg/c2*1-6-17-34(44-50(47)33(3,4)5)18-19-35(29-15-11-8-12-16-29,45(24-34)32(46)48-23-27-13-9-7-10-14-27)25-49-26(2)28-20-30(36(38,39)40)22-31(21-28)37(41,42)43;1-3-2;;/h2*6-16,20-22,26,44H,1,17-19,23-25H2,2-5H3;3H,1-2H2;1H;/q;;-1;;+2/p-1/t26-,34+,35-,50?;26-,34-,35-,50?;;;/m11.../s1. The molecule has 2 fully saturated rings. The first-order valence-corrected chi connectivity index (χ1v) is 35.2. The normalized spacial score (nSPS) is 20.5. The minimum atomic E-state index is -5.03. The maximum absolute atomic E-state index is 14.2. The molecule has 8 atom stereocenters. The number of piperidine rings is 2. The summed E-state index contributed by atoms with van der Waals surface area (Å²) in [5.74, 6) is 0. The molecule has 0 bridgehead atoms. The Morgan fingerprint density at radius 2 is 0.762 bits per heavy atom. The van der Waals surface area contributed by atoms with Crippen molar-refractivity contribution in [2.24, 2.45) is 0 Å².